The summed E-state index contributed by atoms with van der Waals surface area (Å²) in [7, 11) is 1.45. The number of carbonyl (C=O) groups excluding carboxylic acids is 1. The van der Waals surface area contributed by atoms with Crippen LogP contribution in [0.25, 0.3) is 0 Å². The van der Waals surface area contributed by atoms with Crippen LogP contribution in [0.3, 0.4) is 0 Å². The first kappa shape index (κ1) is 14.5. The molecule has 100 valence electrons. The molecule has 1 unspecified atom stereocenters. The van der Waals surface area contributed by atoms with Crippen molar-refractivity contribution in [2.24, 2.45) is 5.73 Å². The van der Waals surface area contributed by atoms with Gasteiger partial charge < -0.3 is 20.5 Å². The number of nitrogens with two attached hydrogens (primary N) is 1. The molecule has 0 heterocycles. The van der Waals surface area contributed by atoms with Crippen LogP contribution in [0.5, 0.6) is 5.75 Å². The Kier molecular flexibility index (Phi) is 6.18. The Morgan fingerprint density at radius 2 is 2.17 bits per heavy atom. The number of methoxy groups -OCH3 is 1. The van der Waals surface area contributed by atoms with E-state index in [2.05, 4.69) is 5.32 Å². The second-order valence-electron chi connectivity index (χ2n) is 3.79. The molecule has 5 nitrogen and oxygen atoms in total. The predicted molar refractivity (Wildman–Crippen MR) is 70.7 cm³/mol. The fourth-order valence-electron chi connectivity index (χ4n) is 1.43. The van der Waals surface area contributed by atoms with Crippen molar-refractivity contribution >= 4 is 11.6 Å². The van der Waals surface area contributed by atoms with E-state index in [1.54, 1.807) is 6.07 Å². The SMILES string of the molecule is CCCOc1ccccc1NC(=O)C(CN)OC. The number of amides is 1. The van der Waals surface area contributed by atoms with Gasteiger partial charge in [0.25, 0.3) is 5.91 Å². The molecule has 3 N–H and O–H groups in total. The van der Waals surface area contributed by atoms with Gasteiger partial charge in [0, 0.05) is 13.7 Å². The van der Waals surface area contributed by atoms with E-state index < -0.39 is 6.10 Å². The largest absolute Gasteiger partial charge is 0.491 e. The first-order chi connectivity index (χ1) is 8.72. The van der Waals surface area contributed by atoms with Crippen molar-refractivity contribution in [3.8, 4) is 5.75 Å². The van der Waals surface area contributed by atoms with Crippen molar-refractivity contribution in [2.45, 2.75) is 19.4 Å². The monoisotopic (exact) mass is 252 g/mol. The molecule has 1 rings (SSSR count). The summed E-state index contributed by atoms with van der Waals surface area (Å²) in [4.78, 5) is 11.8. The summed E-state index contributed by atoms with van der Waals surface area (Å²) < 4.78 is 10.5. The topological polar surface area (TPSA) is 73.6 Å². The molecule has 1 aromatic rings. The van der Waals surface area contributed by atoms with Crippen LogP contribution < -0.4 is 15.8 Å². The van der Waals surface area contributed by atoms with Crippen molar-refractivity contribution < 1.29 is 14.3 Å². The van der Waals surface area contributed by atoms with Crippen molar-refractivity contribution in [2.75, 3.05) is 25.6 Å². The number of rotatable bonds is 7. The third kappa shape index (κ3) is 4.01. The van der Waals surface area contributed by atoms with Crippen molar-refractivity contribution in [3.05, 3.63) is 24.3 Å². The number of anilines is 1. The molecule has 0 bridgehead atoms. The van der Waals surface area contributed by atoms with Crippen LogP contribution in [0.15, 0.2) is 24.3 Å². The smallest absolute Gasteiger partial charge is 0.254 e. The molecule has 0 saturated heterocycles. The van der Waals surface area contributed by atoms with Gasteiger partial charge in [-0.25, -0.2) is 0 Å². The molecule has 1 atom stereocenters. The third-order valence-corrected chi connectivity index (χ3v) is 2.40. The van der Waals surface area contributed by atoms with Crippen LogP contribution in [0.1, 0.15) is 13.3 Å². The van der Waals surface area contributed by atoms with E-state index in [9.17, 15) is 4.79 Å². The summed E-state index contributed by atoms with van der Waals surface area (Å²) in [5.74, 6) is 0.382. The molecule has 0 aliphatic heterocycles. The van der Waals surface area contributed by atoms with Gasteiger partial charge in [0.05, 0.1) is 12.3 Å². The first-order valence-corrected chi connectivity index (χ1v) is 5.98. The Balaban J connectivity index is 2.73. The standard InChI is InChI=1S/C13H20N2O3/c1-3-8-18-11-7-5-4-6-10(11)15-13(16)12(9-14)17-2/h4-7,12H,3,8-9,14H2,1-2H3,(H,15,16). The number of para-hydroxylation sites is 2. The highest BCUT2D eigenvalue weighted by Gasteiger charge is 2.17. The summed E-state index contributed by atoms with van der Waals surface area (Å²) in [6.07, 6.45) is 0.260. The van der Waals surface area contributed by atoms with Crippen molar-refractivity contribution in [1.82, 2.24) is 0 Å². The molecule has 0 radical (unpaired) electrons. The molecule has 0 saturated carbocycles. The van der Waals surface area contributed by atoms with E-state index in [4.69, 9.17) is 15.2 Å². The van der Waals surface area contributed by atoms with Crippen molar-refractivity contribution in [1.29, 1.82) is 0 Å². The Bertz CT molecular complexity index is 378. The number of carbonyl (C=O) groups is 1. The second-order valence-corrected chi connectivity index (χ2v) is 3.79. The molecular weight excluding hydrogens is 232 g/mol. The molecule has 18 heavy (non-hydrogen) atoms. The Labute approximate surface area is 107 Å². The molecule has 0 spiro atoms. The van der Waals surface area contributed by atoms with Gasteiger partial charge >= 0.3 is 0 Å². The van der Waals surface area contributed by atoms with Gasteiger partial charge in [-0.2, -0.15) is 0 Å². The number of hydrogen-bond acceptors (Lipinski definition) is 4. The molecule has 0 aromatic heterocycles. The molecular formula is C13H20N2O3. The fourth-order valence-corrected chi connectivity index (χ4v) is 1.43. The summed E-state index contributed by atoms with van der Waals surface area (Å²) in [6.45, 7) is 2.77. The summed E-state index contributed by atoms with van der Waals surface area (Å²) >= 11 is 0. The Morgan fingerprint density at radius 3 is 2.78 bits per heavy atom. The highest BCUT2D eigenvalue weighted by atomic mass is 16.5. The minimum Gasteiger partial charge on any atom is -0.491 e. The van der Waals surface area contributed by atoms with E-state index >= 15 is 0 Å². The van der Waals surface area contributed by atoms with Crippen LogP contribution in [0, 0.1) is 0 Å². The van der Waals surface area contributed by atoms with Gasteiger partial charge in [-0.15, -0.1) is 0 Å². The first-order valence-electron chi connectivity index (χ1n) is 5.98. The maximum atomic E-state index is 11.8. The average molecular weight is 252 g/mol. The number of benzene rings is 1. The maximum absolute atomic E-state index is 11.8. The zero-order chi connectivity index (χ0) is 13.4. The normalized spacial score (nSPS) is 11.9. The molecule has 0 aliphatic carbocycles. The summed E-state index contributed by atoms with van der Waals surface area (Å²) in [5, 5.41) is 2.75. The average Bonchev–Trinajstić information content (AvgIpc) is 2.39. The van der Waals surface area contributed by atoms with Gasteiger partial charge in [-0.3, -0.25) is 4.79 Å². The van der Waals surface area contributed by atoms with Crippen molar-refractivity contribution in [3.63, 3.8) is 0 Å². The minimum atomic E-state index is -0.649. The molecule has 1 amide bonds. The van der Waals surface area contributed by atoms with Crippen LogP contribution in [-0.4, -0.2) is 32.3 Å². The van der Waals surface area contributed by atoms with Gasteiger partial charge in [-0.05, 0) is 18.6 Å². The maximum Gasteiger partial charge on any atom is 0.254 e. The van der Waals surface area contributed by atoms with E-state index in [1.807, 2.05) is 25.1 Å². The summed E-state index contributed by atoms with van der Waals surface area (Å²) in [6, 6.07) is 7.29. The van der Waals surface area contributed by atoms with E-state index in [1.165, 1.54) is 7.11 Å². The lowest BCUT2D eigenvalue weighted by atomic mass is 10.2. The Hall–Kier alpha value is -1.59. The van der Waals surface area contributed by atoms with E-state index in [0.29, 0.717) is 18.0 Å². The van der Waals surface area contributed by atoms with Gasteiger partial charge in [-0.1, -0.05) is 19.1 Å². The Morgan fingerprint density at radius 1 is 1.44 bits per heavy atom. The summed E-state index contributed by atoms with van der Waals surface area (Å²) in [5.41, 5.74) is 6.07. The van der Waals surface area contributed by atoms with Crippen LogP contribution >= 0.6 is 0 Å². The number of nitrogens with one attached hydrogen (secondary N) is 1. The van der Waals surface area contributed by atoms with Crippen LogP contribution in [0.2, 0.25) is 0 Å². The zero-order valence-corrected chi connectivity index (χ0v) is 10.8. The highest BCUT2D eigenvalue weighted by molar-refractivity contribution is 5.95. The molecule has 1 aromatic carbocycles. The lowest BCUT2D eigenvalue weighted by Gasteiger charge is -2.15. The molecule has 5 heteroatoms. The predicted octanol–water partition coefficient (Wildman–Crippen LogP) is 1.39. The van der Waals surface area contributed by atoms with E-state index in [0.717, 1.165) is 6.42 Å². The highest BCUT2D eigenvalue weighted by Crippen LogP contribution is 2.24. The number of hydrogen-bond donors (Lipinski definition) is 2. The zero-order valence-electron chi connectivity index (χ0n) is 10.8. The quantitative estimate of drug-likeness (QED) is 0.769. The lowest BCUT2D eigenvalue weighted by molar-refractivity contribution is -0.125. The van der Waals surface area contributed by atoms with Gasteiger partial charge in [0.15, 0.2) is 0 Å². The molecule has 0 fully saturated rings. The number of ether oxygens (including phenoxy) is 2. The lowest BCUT2D eigenvalue weighted by Crippen LogP contribution is -2.36. The van der Waals surface area contributed by atoms with Gasteiger partial charge in [0.2, 0.25) is 0 Å². The molecule has 0 aliphatic rings. The third-order valence-electron chi connectivity index (χ3n) is 2.40. The van der Waals surface area contributed by atoms with Crippen LogP contribution in [0.4, 0.5) is 5.69 Å². The van der Waals surface area contributed by atoms with E-state index in [-0.39, 0.29) is 12.5 Å². The fraction of sp³-hybridized carbons (Fsp3) is 0.462. The second kappa shape index (κ2) is 7.68. The minimum absolute atomic E-state index is 0.139. The van der Waals surface area contributed by atoms with Crippen LogP contribution in [-0.2, 0) is 9.53 Å². The van der Waals surface area contributed by atoms with Gasteiger partial charge in [0.1, 0.15) is 11.9 Å².